The number of pyridine rings is 1. The second-order valence-corrected chi connectivity index (χ2v) is 5.86. The fourth-order valence-corrected chi connectivity index (χ4v) is 2.88. The zero-order chi connectivity index (χ0) is 18.1. The van der Waals surface area contributed by atoms with Crippen molar-refractivity contribution < 1.29 is 4.39 Å². The van der Waals surface area contributed by atoms with Crippen LogP contribution in [-0.4, -0.2) is 14.5 Å². The third kappa shape index (κ3) is 2.71. The van der Waals surface area contributed by atoms with Gasteiger partial charge in [-0.1, -0.05) is 24.3 Å². The largest absolute Gasteiger partial charge is 0.324 e. The minimum atomic E-state index is -0.588. The molecule has 0 aliphatic rings. The average Bonchev–Trinajstić information content (AvgIpc) is 2.64. The third-order valence-corrected chi connectivity index (χ3v) is 4.12. The Kier molecular flexibility index (Phi) is 3.93. The Bertz CT molecular complexity index is 1160. The molecular weight excluding hydrogens is 331 g/mol. The van der Waals surface area contributed by atoms with Crippen LogP contribution in [0.4, 0.5) is 16.0 Å². The maximum atomic E-state index is 14.3. The van der Waals surface area contributed by atoms with Crippen molar-refractivity contribution in [1.82, 2.24) is 14.5 Å². The van der Waals surface area contributed by atoms with E-state index in [9.17, 15) is 9.18 Å². The highest BCUT2D eigenvalue weighted by atomic mass is 19.1. The summed E-state index contributed by atoms with van der Waals surface area (Å²) in [6.07, 6.45) is 3.28. The number of aryl methyl sites for hydroxylation is 1. The summed E-state index contributed by atoms with van der Waals surface area (Å²) < 4.78 is 15.7. The third-order valence-electron chi connectivity index (χ3n) is 4.12. The average molecular weight is 346 g/mol. The molecule has 0 saturated carbocycles. The number of benzene rings is 2. The molecule has 1 N–H and O–H groups in total. The van der Waals surface area contributed by atoms with E-state index in [1.807, 2.05) is 31.2 Å². The van der Waals surface area contributed by atoms with Crippen molar-refractivity contribution in [3.63, 3.8) is 0 Å². The lowest BCUT2D eigenvalue weighted by atomic mass is 10.2. The lowest BCUT2D eigenvalue weighted by molar-refractivity contribution is 0.637. The summed E-state index contributed by atoms with van der Waals surface area (Å²) in [4.78, 5) is 21.7. The van der Waals surface area contributed by atoms with Gasteiger partial charge in [0.05, 0.1) is 23.1 Å². The van der Waals surface area contributed by atoms with Gasteiger partial charge in [-0.2, -0.15) is 0 Å². The quantitative estimate of drug-likeness (QED) is 0.610. The van der Waals surface area contributed by atoms with Crippen LogP contribution in [0.15, 0.2) is 71.8 Å². The van der Waals surface area contributed by atoms with E-state index in [1.165, 1.54) is 16.7 Å². The fourth-order valence-electron chi connectivity index (χ4n) is 2.88. The number of hydrogen-bond acceptors (Lipinski definition) is 4. The molecule has 4 rings (SSSR count). The van der Waals surface area contributed by atoms with Crippen molar-refractivity contribution in [2.45, 2.75) is 6.92 Å². The molecule has 0 radical (unpaired) electrons. The Morgan fingerprint density at radius 2 is 1.88 bits per heavy atom. The minimum absolute atomic E-state index is 0.0347. The molecule has 26 heavy (non-hydrogen) atoms. The van der Waals surface area contributed by atoms with Crippen LogP contribution in [0.1, 0.15) is 5.56 Å². The standard InChI is InChI=1S/C20H15FN4O/c1-13-6-2-3-10-17(13)25-19(26)18-15(21)8-4-9-16(18)24-20(25)23-14-7-5-11-22-12-14/h2-12H,1H3,(H,23,24). The first kappa shape index (κ1) is 16.0. The van der Waals surface area contributed by atoms with Crippen molar-refractivity contribution >= 4 is 22.5 Å². The van der Waals surface area contributed by atoms with Gasteiger partial charge in [0.1, 0.15) is 11.2 Å². The Morgan fingerprint density at radius 3 is 2.65 bits per heavy atom. The molecule has 4 aromatic rings. The molecular formula is C20H15FN4O. The number of nitrogens with zero attached hydrogens (tertiary/aromatic N) is 3. The van der Waals surface area contributed by atoms with Crippen LogP contribution in [0.2, 0.25) is 0 Å². The molecule has 2 aromatic heterocycles. The predicted octanol–water partition coefficient (Wildman–Crippen LogP) is 3.97. The van der Waals surface area contributed by atoms with E-state index in [4.69, 9.17) is 0 Å². The first-order valence-corrected chi connectivity index (χ1v) is 8.09. The normalized spacial score (nSPS) is 10.8. The van der Waals surface area contributed by atoms with Gasteiger partial charge in [0, 0.05) is 6.20 Å². The lowest BCUT2D eigenvalue weighted by Gasteiger charge is -2.16. The molecule has 0 aliphatic heterocycles. The van der Waals surface area contributed by atoms with E-state index in [2.05, 4.69) is 15.3 Å². The van der Waals surface area contributed by atoms with Crippen molar-refractivity contribution in [3.05, 3.63) is 88.7 Å². The van der Waals surface area contributed by atoms with Crippen LogP contribution < -0.4 is 10.9 Å². The summed E-state index contributed by atoms with van der Waals surface area (Å²) in [5.74, 6) is -0.286. The van der Waals surface area contributed by atoms with Gasteiger partial charge in [-0.3, -0.25) is 9.78 Å². The van der Waals surface area contributed by atoms with E-state index in [0.29, 0.717) is 22.8 Å². The second-order valence-electron chi connectivity index (χ2n) is 5.86. The maximum Gasteiger partial charge on any atom is 0.270 e. The van der Waals surface area contributed by atoms with E-state index < -0.39 is 11.4 Å². The predicted molar refractivity (Wildman–Crippen MR) is 99.6 cm³/mol. The summed E-state index contributed by atoms with van der Waals surface area (Å²) in [6.45, 7) is 1.89. The SMILES string of the molecule is Cc1ccccc1-n1c(Nc2cccnc2)nc2cccc(F)c2c1=O. The second kappa shape index (κ2) is 6.40. The molecule has 2 heterocycles. The molecule has 0 amide bonds. The van der Waals surface area contributed by atoms with Crippen LogP contribution in [-0.2, 0) is 0 Å². The van der Waals surface area contributed by atoms with Gasteiger partial charge in [0.25, 0.3) is 5.56 Å². The van der Waals surface area contributed by atoms with E-state index in [1.54, 1.807) is 30.6 Å². The number of para-hydroxylation sites is 1. The summed E-state index contributed by atoms with van der Waals surface area (Å²) in [7, 11) is 0. The van der Waals surface area contributed by atoms with Gasteiger partial charge in [0.15, 0.2) is 0 Å². The maximum absolute atomic E-state index is 14.3. The van der Waals surface area contributed by atoms with Crippen LogP contribution in [0.5, 0.6) is 0 Å². The lowest BCUT2D eigenvalue weighted by Crippen LogP contribution is -2.24. The molecule has 0 fully saturated rings. The zero-order valence-electron chi connectivity index (χ0n) is 14.0. The molecule has 0 spiro atoms. The number of anilines is 2. The molecule has 0 saturated heterocycles. The summed E-state index contributed by atoms with van der Waals surface area (Å²) in [5.41, 5.74) is 2.03. The Hall–Kier alpha value is -3.54. The van der Waals surface area contributed by atoms with Gasteiger partial charge < -0.3 is 5.32 Å². The molecule has 0 aliphatic carbocycles. The number of hydrogen-bond donors (Lipinski definition) is 1. The Balaban J connectivity index is 2.05. The first-order valence-electron chi connectivity index (χ1n) is 8.09. The van der Waals surface area contributed by atoms with Crippen molar-refractivity contribution in [1.29, 1.82) is 0 Å². The van der Waals surface area contributed by atoms with Gasteiger partial charge in [-0.05, 0) is 42.8 Å². The van der Waals surface area contributed by atoms with Crippen LogP contribution >= 0.6 is 0 Å². The van der Waals surface area contributed by atoms with Crippen molar-refractivity contribution in [3.8, 4) is 5.69 Å². The van der Waals surface area contributed by atoms with Crippen LogP contribution in [0, 0.1) is 12.7 Å². The number of nitrogens with one attached hydrogen (secondary N) is 1. The molecule has 5 nitrogen and oxygen atoms in total. The van der Waals surface area contributed by atoms with Crippen molar-refractivity contribution in [2.24, 2.45) is 0 Å². The van der Waals surface area contributed by atoms with Gasteiger partial charge >= 0.3 is 0 Å². The minimum Gasteiger partial charge on any atom is -0.324 e. The first-order chi connectivity index (χ1) is 12.6. The van der Waals surface area contributed by atoms with E-state index in [-0.39, 0.29) is 5.39 Å². The molecule has 0 bridgehead atoms. The highest BCUT2D eigenvalue weighted by Crippen LogP contribution is 2.22. The van der Waals surface area contributed by atoms with Crippen LogP contribution in [0.3, 0.4) is 0 Å². The number of halogens is 1. The molecule has 128 valence electrons. The zero-order valence-corrected chi connectivity index (χ0v) is 14.0. The smallest absolute Gasteiger partial charge is 0.270 e. The monoisotopic (exact) mass is 346 g/mol. The topological polar surface area (TPSA) is 59.8 Å². The molecule has 2 aromatic carbocycles. The van der Waals surface area contributed by atoms with Crippen LogP contribution in [0.25, 0.3) is 16.6 Å². The summed E-state index contributed by atoms with van der Waals surface area (Å²) >= 11 is 0. The fraction of sp³-hybridized carbons (Fsp3) is 0.0500. The molecule has 6 heteroatoms. The van der Waals surface area contributed by atoms with E-state index >= 15 is 0 Å². The summed E-state index contributed by atoms with van der Waals surface area (Å²) in [6, 6.07) is 15.4. The Morgan fingerprint density at radius 1 is 1.04 bits per heavy atom. The highest BCUT2D eigenvalue weighted by Gasteiger charge is 2.16. The van der Waals surface area contributed by atoms with Gasteiger partial charge in [0.2, 0.25) is 5.95 Å². The molecule has 0 atom stereocenters. The van der Waals surface area contributed by atoms with Gasteiger partial charge in [-0.25, -0.2) is 13.9 Å². The Labute approximate surface area is 148 Å². The number of aromatic nitrogens is 3. The van der Waals surface area contributed by atoms with Crippen molar-refractivity contribution in [2.75, 3.05) is 5.32 Å². The van der Waals surface area contributed by atoms with E-state index in [0.717, 1.165) is 5.56 Å². The summed E-state index contributed by atoms with van der Waals surface area (Å²) in [5, 5.41) is 3.08. The molecule has 0 unspecified atom stereocenters. The number of fused-ring (bicyclic) bond motifs is 1. The number of rotatable bonds is 3. The van der Waals surface area contributed by atoms with Gasteiger partial charge in [-0.15, -0.1) is 0 Å². The highest BCUT2D eigenvalue weighted by molar-refractivity contribution is 5.80.